The van der Waals surface area contributed by atoms with Gasteiger partial charge >= 0.3 is 0 Å². The van der Waals surface area contributed by atoms with Gasteiger partial charge < -0.3 is 4.74 Å². The summed E-state index contributed by atoms with van der Waals surface area (Å²) in [4.78, 5) is 4.47. The van der Waals surface area contributed by atoms with E-state index in [1.807, 2.05) is 18.3 Å². The van der Waals surface area contributed by atoms with Crippen LogP contribution < -0.4 is 4.74 Å². The lowest BCUT2D eigenvalue weighted by Gasteiger charge is -2.35. The lowest BCUT2D eigenvalue weighted by molar-refractivity contribution is 0.304. The Balaban J connectivity index is 2.05. The zero-order chi connectivity index (χ0) is 14.7. The number of benzene rings is 1. The molecule has 0 spiro atoms. The zero-order valence-electron chi connectivity index (χ0n) is 12.9. The molecule has 0 amide bonds. The van der Waals surface area contributed by atoms with Crippen LogP contribution in [0.2, 0.25) is 0 Å². The van der Waals surface area contributed by atoms with Gasteiger partial charge in [-0.2, -0.15) is 0 Å². The Morgan fingerprint density at radius 3 is 2.52 bits per heavy atom. The summed E-state index contributed by atoms with van der Waals surface area (Å²) in [7, 11) is 1.77. The van der Waals surface area contributed by atoms with Crippen molar-refractivity contribution in [3.8, 4) is 17.0 Å². The number of rotatable bonds is 3. The highest BCUT2D eigenvalue weighted by Crippen LogP contribution is 2.44. The standard InChI is InChI=1S/C19H23NO/c1-19(11-5-3-6-12-19)16-14-15(9-10-18(16)21-2)17-8-4-7-13-20-17/h4,7-10,13-14H,3,5-6,11-12H2,1-2H3. The molecule has 3 rings (SSSR count). The first-order valence-corrected chi connectivity index (χ1v) is 7.83. The molecule has 1 aromatic carbocycles. The molecule has 0 bridgehead atoms. The number of ether oxygens (including phenoxy) is 1. The Bertz CT molecular complexity index is 600. The van der Waals surface area contributed by atoms with Crippen molar-refractivity contribution in [2.45, 2.75) is 44.4 Å². The van der Waals surface area contributed by atoms with Gasteiger partial charge in [-0.1, -0.05) is 32.3 Å². The van der Waals surface area contributed by atoms with Crippen LogP contribution in [-0.4, -0.2) is 12.1 Å². The van der Waals surface area contributed by atoms with Gasteiger partial charge in [0, 0.05) is 17.3 Å². The second-order valence-electron chi connectivity index (χ2n) is 6.25. The fourth-order valence-corrected chi connectivity index (χ4v) is 3.47. The molecular formula is C19H23NO. The Hall–Kier alpha value is -1.83. The summed E-state index contributed by atoms with van der Waals surface area (Å²) in [5.41, 5.74) is 3.78. The molecule has 110 valence electrons. The zero-order valence-corrected chi connectivity index (χ0v) is 12.9. The van der Waals surface area contributed by atoms with Crippen molar-refractivity contribution in [2.75, 3.05) is 7.11 Å². The average molecular weight is 281 g/mol. The molecule has 2 heteroatoms. The van der Waals surface area contributed by atoms with E-state index in [4.69, 9.17) is 4.74 Å². The number of hydrogen-bond acceptors (Lipinski definition) is 2. The summed E-state index contributed by atoms with van der Waals surface area (Å²) in [5.74, 6) is 1.01. The van der Waals surface area contributed by atoms with Crippen molar-refractivity contribution >= 4 is 0 Å². The molecule has 1 aliphatic rings. The van der Waals surface area contributed by atoms with Crippen molar-refractivity contribution in [1.82, 2.24) is 4.98 Å². The van der Waals surface area contributed by atoms with E-state index in [1.54, 1.807) is 7.11 Å². The summed E-state index contributed by atoms with van der Waals surface area (Å²) in [6.07, 6.45) is 8.32. The van der Waals surface area contributed by atoms with E-state index in [-0.39, 0.29) is 5.41 Å². The third-order valence-corrected chi connectivity index (χ3v) is 4.77. The van der Waals surface area contributed by atoms with Crippen LogP contribution in [0.15, 0.2) is 42.6 Å². The van der Waals surface area contributed by atoms with Gasteiger partial charge in [-0.05, 0) is 48.6 Å². The van der Waals surface area contributed by atoms with Crippen LogP contribution in [0.4, 0.5) is 0 Å². The second kappa shape index (κ2) is 5.88. The van der Waals surface area contributed by atoms with Gasteiger partial charge in [-0.25, -0.2) is 0 Å². The molecule has 1 heterocycles. The van der Waals surface area contributed by atoms with Gasteiger partial charge in [0.1, 0.15) is 5.75 Å². The van der Waals surface area contributed by atoms with Crippen LogP contribution in [0.25, 0.3) is 11.3 Å². The van der Waals surface area contributed by atoms with Gasteiger partial charge in [0.15, 0.2) is 0 Å². The lowest BCUT2D eigenvalue weighted by atomic mass is 9.70. The summed E-state index contributed by atoms with van der Waals surface area (Å²) in [6, 6.07) is 12.5. The van der Waals surface area contributed by atoms with E-state index in [9.17, 15) is 0 Å². The Morgan fingerprint density at radius 1 is 1.05 bits per heavy atom. The van der Waals surface area contributed by atoms with Crippen LogP contribution in [0.1, 0.15) is 44.6 Å². The van der Waals surface area contributed by atoms with Crippen molar-refractivity contribution in [3.05, 3.63) is 48.2 Å². The van der Waals surface area contributed by atoms with Crippen molar-refractivity contribution < 1.29 is 4.74 Å². The van der Waals surface area contributed by atoms with Gasteiger partial charge in [0.2, 0.25) is 0 Å². The topological polar surface area (TPSA) is 22.1 Å². The van der Waals surface area contributed by atoms with Gasteiger partial charge in [0.05, 0.1) is 12.8 Å². The number of pyridine rings is 1. The van der Waals surface area contributed by atoms with E-state index in [2.05, 4.69) is 36.2 Å². The molecule has 2 nitrogen and oxygen atoms in total. The van der Waals surface area contributed by atoms with Gasteiger partial charge in [-0.3, -0.25) is 4.98 Å². The maximum Gasteiger partial charge on any atom is 0.122 e. The quantitative estimate of drug-likeness (QED) is 0.791. The third kappa shape index (κ3) is 2.80. The molecule has 1 aromatic heterocycles. The smallest absolute Gasteiger partial charge is 0.122 e. The molecule has 1 fully saturated rings. The van der Waals surface area contributed by atoms with Crippen molar-refractivity contribution in [2.24, 2.45) is 0 Å². The molecule has 0 radical (unpaired) electrons. The van der Waals surface area contributed by atoms with E-state index in [0.717, 1.165) is 11.4 Å². The maximum absolute atomic E-state index is 5.63. The molecule has 0 aliphatic heterocycles. The van der Waals surface area contributed by atoms with Crippen LogP contribution in [0.5, 0.6) is 5.75 Å². The molecule has 1 saturated carbocycles. The molecule has 0 saturated heterocycles. The Morgan fingerprint density at radius 2 is 1.86 bits per heavy atom. The van der Waals surface area contributed by atoms with Gasteiger partial charge in [0.25, 0.3) is 0 Å². The highest BCUT2D eigenvalue weighted by molar-refractivity contribution is 5.63. The molecule has 0 unspecified atom stereocenters. The normalized spacial score (nSPS) is 17.4. The monoisotopic (exact) mass is 281 g/mol. The highest BCUT2D eigenvalue weighted by Gasteiger charge is 2.31. The predicted molar refractivity (Wildman–Crippen MR) is 86.7 cm³/mol. The Labute approximate surface area is 127 Å². The SMILES string of the molecule is COc1ccc(-c2ccccn2)cc1C1(C)CCCCC1. The van der Waals surface area contributed by atoms with Crippen LogP contribution in [0.3, 0.4) is 0 Å². The highest BCUT2D eigenvalue weighted by atomic mass is 16.5. The van der Waals surface area contributed by atoms with E-state index >= 15 is 0 Å². The summed E-state index contributed by atoms with van der Waals surface area (Å²) in [5, 5.41) is 0. The minimum atomic E-state index is 0.231. The summed E-state index contributed by atoms with van der Waals surface area (Å²) in [6.45, 7) is 2.38. The molecule has 21 heavy (non-hydrogen) atoms. The van der Waals surface area contributed by atoms with Crippen LogP contribution >= 0.6 is 0 Å². The molecular weight excluding hydrogens is 258 g/mol. The average Bonchev–Trinajstić information content (AvgIpc) is 2.56. The third-order valence-electron chi connectivity index (χ3n) is 4.77. The summed E-state index contributed by atoms with van der Waals surface area (Å²) >= 11 is 0. The maximum atomic E-state index is 5.63. The van der Waals surface area contributed by atoms with Crippen molar-refractivity contribution in [1.29, 1.82) is 0 Å². The number of methoxy groups -OCH3 is 1. The first-order chi connectivity index (χ1) is 10.2. The predicted octanol–water partition coefficient (Wildman–Crippen LogP) is 4.98. The largest absolute Gasteiger partial charge is 0.496 e. The van der Waals surface area contributed by atoms with Crippen molar-refractivity contribution in [3.63, 3.8) is 0 Å². The second-order valence-corrected chi connectivity index (χ2v) is 6.25. The minimum Gasteiger partial charge on any atom is -0.496 e. The Kier molecular flexibility index (Phi) is 3.96. The van der Waals surface area contributed by atoms with E-state index < -0.39 is 0 Å². The fourth-order valence-electron chi connectivity index (χ4n) is 3.47. The summed E-state index contributed by atoms with van der Waals surface area (Å²) < 4.78 is 5.63. The number of hydrogen-bond donors (Lipinski definition) is 0. The fraction of sp³-hybridized carbons (Fsp3) is 0.421. The molecule has 2 aromatic rings. The first-order valence-electron chi connectivity index (χ1n) is 7.83. The molecule has 0 atom stereocenters. The van der Waals surface area contributed by atoms with E-state index in [0.29, 0.717) is 0 Å². The molecule has 0 N–H and O–H groups in total. The minimum absolute atomic E-state index is 0.231. The first kappa shape index (κ1) is 14.1. The molecule has 1 aliphatic carbocycles. The number of nitrogens with zero attached hydrogens (tertiary/aromatic N) is 1. The van der Waals surface area contributed by atoms with Crippen LogP contribution in [-0.2, 0) is 5.41 Å². The lowest BCUT2D eigenvalue weighted by Crippen LogP contribution is -2.25. The van der Waals surface area contributed by atoms with Gasteiger partial charge in [-0.15, -0.1) is 0 Å². The number of aromatic nitrogens is 1. The van der Waals surface area contributed by atoms with E-state index in [1.165, 1.54) is 43.2 Å². The van der Waals surface area contributed by atoms with Crippen LogP contribution in [0, 0.1) is 0 Å².